The minimum Gasteiger partial charge on any atom is -0.488 e. The lowest BCUT2D eigenvalue weighted by Crippen LogP contribution is -2.07. The van der Waals surface area contributed by atoms with Crippen LogP contribution in [0.1, 0.15) is 12.5 Å². The van der Waals surface area contributed by atoms with E-state index in [1.54, 1.807) is 31.2 Å². The summed E-state index contributed by atoms with van der Waals surface area (Å²) in [5.41, 5.74) is 1.51. The first-order chi connectivity index (χ1) is 7.61. The van der Waals surface area contributed by atoms with Crippen molar-refractivity contribution in [1.82, 2.24) is 0 Å². The van der Waals surface area contributed by atoms with Crippen LogP contribution >= 0.6 is 0 Å². The van der Waals surface area contributed by atoms with Gasteiger partial charge in [-0.05, 0) is 24.6 Å². The Bertz CT molecular complexity index is 350. The van der Waals surface area contributed by atoms with E-state index in [0.717, 1.165) is 5.56 Å². The van der Waals surface area contributed by atoms with Gasteiger partial charge >= 0.3 is 0 Å². The molecular formula is C11H13F2NO2. The highest BCUT2D eigenvalue weighted by Gasteiger charge is 2.03. The van der Waals surface area contributed by atoms with Gasteiger partial charge in [0.25, 0.3) is 6.43 Å². The van der Waals surface area contributed by atoms with Gasteiger partial charge in [-0.25, -0.2) is 8.78 Å². The van der Waals surface area contributed by atoms with E-state index in [2.05, 4.69) is 5.16 Å². The van der Waals surface area contributed by atoms with E-state index >= 15 is 0 Å². The Labute approximate surface area is 92.3 Å². The summed E-state index contributed by atoms with van der Waals surface area (Å²) in [5.74, 6) is 0.405. The molecule has 0 heterocycles. The molecule has 0 amide bonds. The summed E-state index contributed by atoms with van der Waals surface area (Å²) in [6.45, 7) is 1.09. The molecule has 0 saturated heterocycles. The van der Waals surface area contributed by atoms with Crippen LogP contribution in [0.15, 0.2) is 29.4 Å². The molecule has 0 bridgehead atoms. The van der Waals surface area contributed by atoms with Crippen LogP contribution in [0.5, 0.6) is 5.75 Å². The summed E-state index contributed by atoms with van der Waals surface area (Å²) in [4.78, 5) is 0. The Hall–Kier alpha value is -1.65. The van der Waals surface area contributed by atoms with E-state index < -0.39 is 13.0 Å². The molecule has 0 atom stereocenters. The monoisotopic (exact) mass is 229 g/mol. The number of ether oxygens (including phenoxy) is 1. The third-order valence-corrected chi connectivity index (χ3v) is 1.93. The highest BCUT2D eigenvalue weighted by Crippen LogP contribution is 2.13. The van der Waals surface area contributed by atoms with Crippen LogP contribution in [0, 0.1) is 0 Å². The lowest BCUT2D eigenvalue weighted by molar-refractivity contribution is 0.0819. The fraction of sp³-hybridized carbons (Fsp3) is 0.364. The molecule has 16 heavy (non-hydrogen) atoms. The van der Waals surface area contributed by atoms with E-state index in [1.807, 2.05) is 0 Å². The SMILES string of the molecule is C/C(Cc1ccc(OCC(F)F)cc1)=N/O. The van der Waals surface area contributed by atoms with Gasteiger partial charge in [-0.15, -0.1) is 0 Å². The molecule has 0 saturated carbocycles. The Morgan fingerprint density at radius 3 is 2.50 bits per heavy atom. The lowest BCUT2D eigenvalue weighted by Gasteiger charge is -2.06. The molecular weight excluding hydrogens is 216 g/mol. The summed E-state index contributed by atoms with van der Waals surface area (Å²) < 4.78 is 28.5. The van der Waals surface area contributed by atoms with Crippen LogP contribution in [0.3, 0.4) is 0 Å². The Morgan fingerprint density at radius 2 is 2.00 bits per heavy atom. The number of nitrogens with zero attached hydrogens (tertiary/aromatic N) is 1. The van der Waals surface area contributed by atoms with Crippen LogP contribution in [-0.2, 0) is 6.42 Å². The average Bonchev–Trinajstić information content (AvgIpc) is 2.28. The van der Waals surface area contributed by atoms with E-state index in [4.69, 9.17) is 9.94 Å². The molecule has 0 unspecified atom stereocenters. The highest BCUT2D eigenvalue weighted by molar-refractivity contribution is 5.83. The summed E-state index contributed by atoms with van der Waals surface area (Å²) >= 11 is 0. The van der Waals surface area contributed by atoms with Crippen LogP contribution in [0.25, 0.3) is 0 Å². The molecule has 88 valence electrons. The normalized spacial score (nSPS) is 11.9. The van der Waals surface area contributed by atoms with Gasteiger partial charge in [0.1, 0.15) is 12.4 Å². The molecule has 1 N–H and O–H groups in total. The maximum atomic E-state index is 11.8. The van der Waals surface area contributed by atoms with Crippen molar-refractivity contribution in [2.24, 2.45) is 5.16 Å². The van der Waals surface area contributed by atoms with Gasteiger partial charge in [0.2, 0.25) is 0 Å². The first-order valence-corrected chi connectivity index (χ1v) is 4.79. The number of oxime groups is 1. The molecule has 0 fully saturated rings. The molecule has 0 aliphatic rings. The van der Waals surface area contributed by atoms with Gasteiger partial charge < -0.3 is 9.94 Å². The Kier molecular flexibility index (Phi) is 4.69. The van der Waals surface area contributed by atoms with Crippen LogP contribution in [-0.4, -0.2) is 24.0 Å². The zero-order chi connectivity index (χ0) is 12.0. The number of benzene rings is 1. The van der Waals surface area contributed by atoms with Crippen molar-refractivity contribution in [2.75, 3.05) is 6.61 Å². The van der Waals surface area contributed by atoms with E-state index in [0.29, 0.717) is 17.9 Å². The number of hydrogen-bond donors (Lipinski definition) is 1. The fourth-order valence-corrected chi connectivity index (χ4v) is 1.19. The van der Waals surface area contributed by atoms with Crippen LogP contribution in [0.4, 0.5) is 8.78 Å². The van der Waals surface area contributed by atoms with E-state index in [1.165, 1.54) is 0 Å². The predicted molar refractivity (Wildman–Crippen MR) is 56.5 cm³/mol. The van der Waals surface area contributed by atoms with Gasteiger partial charge in [0, 0.05) is 6.42 Å². The first kappa shape index (κ1) is 12.4. The third kappa shape index (κ3) is 4.25. The smallest absolute Gasteiger partial charge is 0.272 e. The molecule has 1 aromatic carbocycles. The van der Waals surface area contributed by atoms with Gasteiger partial charge in [-0.2, -0.15) is 0 Å². The second kappa shape index (κ2) is 6.05. The maximum absolute atomic E-state index is 11.8. The van der Waals surface area contributed by atoms with Gasteiger partial charge in [0.15, 0.2) is 0 Å². The largest absolute Gasteiger partial charge is 0.488 e. The van der Waals surface area contributed by atoms with Gasteiger partial charge in [-0.1, -0.05) is 17.3 Å². The van der Waals surface area contributed by atoms with Crippen molar-refractivity contribution in [3.8, 4) is 5.75 Å². The van der Waals surface area contributed by atoms with Crippen LogP contribution in [0.2, 0.25) is 0 Å². The Morgan fingerprint density at radius 1 is 1.38 bits per heavy atom. The van der Waals surface area contributed by atoms with Crippen molar-refractivity contribution in [3.05, 3.63) is 29.8 Å². The second-order valence-electron chi connectivity index (χ2n) is 3.36. The predicted octanol–water partition coefficient (Wildman–Crippen LogP) is 2.72. The topological polar surface area (TPSA) is 41.8 Å². The number of rotatable bonds is 5. The van der Waals surface area contributed by atoms with Crippen molar-refractivity contribution in [1.29, 1.82) is 0 Å². The second-order valence-corrected chi connectivity index (χ2v) is 3.36. The minimum atomic E-state index is -2.47. The van der Waals surface area contributed by atoms with Crippen molar-refractivity contribution in [2.45, 2.75) is 19.8 Å². The lowest BCUT2D eigenvalue weighted by atomic mass is 10.1. The quantitative estimate of drug-likeness (QED) is 0.479. The molecule has 0 aliphatic carbocycles. The molecule has 0 spiro atoms. The summed E-state index contributed by atoms with van der Waals surface area (Å²) in [6.07, 6.45) is -1.95. The van der Waals surface area contributed by atoms with Crippen molar-refractivity contribution < 1.29 is 18.7 Å². The zero-order valence-corrected chi connectivity index (χ0v) is 8.86. The molecule has 3 nitrogen and oxygen atoms in total. The number of halogens is 2. The zero-order valence-electron chi connectivity index (χ0n) is 8.86. The maximum Gasteiger partial charge on any atom is 0.272 e. The van der Waals surface area contributed by atoms with Gasteiger partial charge in [-0.3, -0.25) is 0 Å². The molecule has 0 aromatic heterocycles. The molecule has 1 rings (SSSR count). The summed E-state index contributed by atoms with van der Waals surface area (Å²) in [7, 11) is 0. The first-order valence-electron chi connectivity index (χ1n) is 4.79. The highest BCUT2D eigenvalue weighted by atomic mass is 19.3. The number of alkyl halides is 2. The minimum absolute atomic E-state index is 0.405. The molecule has 0 aliphatic heterocycles. The average molecular weight is 229 g/mol. The number of hydrogen-bond acceptors (Lipinski definition) is 3. The molecule has 5 heteroatoms. The summed E-state index contributed by atoms with van der Waals surface area (Å²) in [5, 5.41) is 11.5. The Balaban J connectivity index is 2.54. The standard InChI is InChI=1S/C11H13F2NO2/c1-8(14-15)6-9-2-4-10(5-3-9)16-7-11(12)13/h2-5,11,15H,6-7H2,1H3/b14-8-. The summed E-state index contributed by atoms with van der Waals surface area (Å²) in [6, 6.07) is 6.72. The van der Waals surface area contributed by atoms with E-state index in [-0.39, 0.29) is 0 Å². The fourth-order valence-electron chi connectivity index (χ4n) is 1.19. The van der Waals surface area contributed by atoms with Crippen LogP contribution < -0.4 is 4.74 Å². The van der Waals surface area contributed by atoms with Gasteiger partial charge in [0.05, 0.1) is 5.71 Å². The molecule has 1 aromatic rings. The van der Waals surface area contributed by atoms with Crippen molar-refractivity contribution in [3.63, 3.8) is 0 Å². The molecule has 0 radical (unpaired) electrons. The van der Waals surface area contributed by atoms with Crippen molar-refractivity contribution >= 4 is 5.71 Å². The third-order valence-electron chi connectivity index (χ3n) is 1.93. The van der Waals surface area contributed by atoms with E-state index in [9.17, 15) is 8.78 Å².